The van der Waals surface area contributed by atoms with E-state index < -0.39 is 23.3 Å². The lowest BCUT2D eigenvalue weighted by molar-refractivity contribution is -0.145. The van der Waals surface area contributed by atoms with Crippen molar-refractivity contribution < 1.29 is 19.1 Å². The van der Waals surface area contributed by atoms with Gasteiger partial charge in [-0.2, -0.15) is 0 Å². The number of benzene rings is 3. The van der Waals surface area contributed by atoms with E-state index in [-0.39, 0.29) is 18.4 Å². The molecule has 4 amide bonds. The number of para-hydroxylation sites is 1. The molecule has 3 atom stereocenters. The van der Waals surface area contributed by atoms with Crippen LogP contribution in [0.1, 0.15) is 29.9 Å². The van der Waals surface area contributed by atoms with Crippen LogP contribution in [0.25, 0.3) is 0 Å². The van der Waals surface area contributed by atoms with Crippen LogP contribution < -0.4 is 19.9 Å². The van der Waals surface area contributed by atoms with E-state index in [9.17, 15) is 14.4 Å². The molecule has 36 heavy (non-hydrogen) atoms. The van der Waals surface area contributed by atoms with Gasteiger partial charge in [0.25, 0.3) is 5.91 Å². The second-order valence-electron chi connectivity index (χ2n) is 9.72. The molecule has 3 aromatic rings. The van der Waals surface area contributed by atoms with Crippen LogP contribution in [0, 0.1) is 5.41 Å². The maximum atomic E-state index is 14.4. The van der Waals surface area contributed by atoms with E-state index in [1.165, 1.54) is 5.56 Å². The predicted octanol–water partition coefficient (Wildman–Crippen LogP) is 4.27. The molecule has 2 fully saturated rings. The Morgan fingerprint density at radius 2 is 1.64 bits per heavy atom. The van der Waals surface area contributed by atoms with Gasteiger partial charge >= 0.3 is 6.03 Å². The molecule has 0 bridgehead atoms. The molecular formula is C29H27N3O4. The van der Waals surface area contributed by atoms with Crippen molar-refractivity contribution in [2.45, 2.75) is 31.2 Å². The second kappa shape index (κ2) is 8.52. The SMILES string of the molecule is COc1ccc(N2C(=O)NC(=O)[C@]3(Cc4ccccc4N4CC[C@@H](c5ccccc5)C[C@H]43)C2=O)cc1. The van der Waals surface area contributed by atoms with Gasteiger partial charge in [-0.25, -0.2) is 9.69 Å². The summed E-state index contributed by atoms with van der Waals surface area (Å²) in [6.45, 7) is 0.722. The first kappa shape index (κ1) is 22.3. The van der Waals surface area contributed by atoms with Crippen LogP contribution >= 0.6 is 0 Å². The number of nitrogens with one attached hydrogen (secondary N) is 1. The monoisotopic (exact) mass is 481 g/mol. The van der Waals surface area contributed by atoms with Gasteiger partial charge in [0.1, 0.15) is 5.75 Å². The number of hydrogen-bond acceptors (Lipinski definition) is 5. The van der Waals surface area contributed by atoms with Crippen molar-refractivity contribution in [1.29, 1.82) is 0 Å². The quantitative estimate of drug-likeness (QED) is 0.565. The Morgan fingerprint density at radius 1 is 0.917 bits per heavy atom. The van der Waals surface area contributed by atoms with Gasteiger partial charge in [0.2, 0.25) is 5.91 Å². The molecule has 0 aromatic heterocycles. The van der Waals surface area contributed by atoms with Crippen LogP contribution in [0.2, 0.25) is 0 Å². The van der Waals surface area contributed by atoms with Crippen LogP contribution in [0.5, 0.6) is 5.75 Å². The number of nitrogens with zero attached hydrogens (tertiary/aromatic N) is 2. The number of imide groups is 2. The number of ether oxygens (including phenoxy) is 1. The maximum Gasteiger partial charge on any atom is 0.335 e. The average molecular weight is 482 g/mol. The molecule has 3 aliphatic heterocycles. The van der Waals surface area contributed by atoms with E-state index >= 15 is 0 Å². The Balaban J connectivity index is 1.47. The standard InChI is InChI=1S/C29H27N3O4/c1-36-23-13-11-22(12-14-23)32-27(34)29(26(33)30-28(32)35)18-21-9-5-6-10-24(21)31-16-15-20(17-25(29)31)19-7-3-2-4-8-19/h2-14,20,25H,15-18H2,1H3,(H,30,33,35)/t20-,25+,29-/m1/s1. The Bertz CT molecular complexity index is 1340. The van der Waals surface area contributed by atoms with Crippen LogP contribution in [0.4, 0.5) is 16.2 Å². The third-order valence-electron chi connectivity index (χ3n) is 7.96. The molecule has 3 aliphatic rings. The highest BCUT2D eigenvalue weighted by Crippen LogP contribution is 2.50. The first-order valence-electron chi connectivity index (χ1n) is 12.3. The number of amides is 4. The predicted molar refractivity (Wildman–Crippen MR) is 136 cm³/mol. The lowest BCUT2D eigenvalue weighted by Crippen LogP contribution is -2.73. The van der Waals surface area contributed by atoms with Gasteiger partial charge in [-0.3, -0.25) is 14.9 Å². The number of hydrogen-bond donors (Lipinski definition) is 1. The van der Waals surface area contributed by atoms with Crippen molar-refractivity contribution in [3.8, 4) is 5.75 Å². The minimum atomic E-state index is -1.42. The molecule has 6 rings (SSSR count). The van der Waals surface area contributed by atoms with Crippen molar-refractivity contribution in [2.24, 2.45) is 5.41 Å². The normalized spacial score (nSPS) is 25.3. The molecule has 0 saturated carbocycles. The van der Waals surface area contributed by atoms with Crippen LogP contribution in [-0.4, -0.2) is 37.5 Å². The van der Waals surface area contributed by atoms with Gasteiger partial charge in [0, 0.05) is 12.2 Å². The fraction of sp³-hybridized carbons (Fsp3) is 0.276. The number of urea groups is 1. The molecule has 1 N–H and O–H groups in total. The molecule has 7 heteroatoms. The molecule has 0 unspecified atom stereocenters. The average Bonchev–Trinajstić information content (AvgIpc) is 2.92. The van der Waals surface area contributed by atoms with Gasteiger partial charge in [0.15, 0.2) is 5.41 Å². The summed E-state index contributed by atoms with van der Waals surface area (Å²) in [7, 11) is 1.56. The number of carbonyl (C=O) groups is 3. The summed E-state index contributed by atoms with van der Waals surface area (Å²) in [6, 6.07) is 23.9. The zero-order chi connectivity index (χ0) is 24.9. The van der Waals surface area contributed by atoms with Crippen LogP contribution in [0.15, 0.2) is 78.9 Å². The summed E-state index contributed by atoms with van der Waals surface area (Å²) in [6.07, 6.45) is 1.81. The third-order valence-corrected chi connectivity index (χ3v) is 7.96. The molecule has 3 heterocycles. The number of barbiturate groups is 1. The van der Waals surface area contributed by atoms with Crippen LogP contribution in [-0.2, 0) is 16.0 Å². The van der Waals surface area contributed by atoms with E-state index in [2.05, 4.69) is 28.4 Å². The number of fused-ring (bicyclic) bond motifs is 4. The van der Waals surface area contributed by atoms with E-state index in [1.54, 1.807) is 31.4 Å². The number of methoxy groups -OCH3 is 1. The van der Waals surface area contributed by atoms with Crippen LogP contribution in [0.3, 0.4) is 0 Å². The van der Waals surface area contributed by atoms with Gasteiger partial charge in [-0.15, -0.1) is 0 Å². The summed E-state index contributed by atoms with van der Waals surface area (Å²) < 4.78 is 5.24. The maximum absolute atomic E-state index is 14.4. The molecular weight excluding hydrogens is 454 g/mol. The smallest absolute Gasteiger partial charge is 0.335 e. The van der Waals surface area contributed by atoms with Gasteiger partial charge < -0.3 is 9.64 Å². The summed E-state index contributed by atoms with van der Waals surface area (Å²) in [5.74, 6) is -0.160. The van der Waals surface area contributed by atoms with E-state index in [4.69, 9.17) is 4.74 Å². The fourth-order valence-corrected chi connectivity index (χ4v) is 6.18. The Morgan fingerprint density at radius 3 is 2.39 bits per heavy atom. The van der Waals surface area contributed by atoms with E-state index in [0.29, 0.717) is 17.9 Å². The summed E-state index contributed by atoms with van der Waals surface area (Å²) in [5, 5.41) is 2.54. The van der Waals surface area contributed by atoms with Gasteiger partial charge in [-0.1, -0.05) is 48.5 Å². The Hall–Kier alpha value is -4.13. The second-order valence-corrected chi connectivity index (χ2v) is 9.72. The Kier molecular flexibility index (Phi) is 5.29. The van der Waals surface area contributed by atoms with Gasteiger partial charge in [0.05, 0.1) is 18.8 Å². The number of anilines is 2. The number of carbonyl (C=O) groups excluding carboxylic acids is 3. The van der Waals surface area contributed by atoms with E-state index in [0.717, 1.165) is 29.1 Å². The zero-order valence-electron chi connectivity index (χ0n) is 20.0. The van der Waals surface area contributed by atoms with Crippen molar-refractivity contribution in [1.82, 2.24) is 5.32 Å². The molecule has 7 nitrogen and oxygen atoms in total. The lowest BCUT2D eigenvalue weighted by atomic mass is 9.64. The van der Waals surface area contributed by atoms with Crippen molar-refractivity contribution in [3.05, 3.63) is 90.0 Å². The highest BCUT2D eigenvalue weighted by Gasteiger charge is 2.63. The summed E-state index contributed by atoms with van der Waals surface area (Å²) >= 11 is 0. The minimum Gasteiger partial charge on any atom is -0.497 e. The summed E-state index contributed by atoms with van der Waals surface area (Å²) in [5.41, 5.74) is 2.20. The minimum absolute atomic E-state index is 0.210. The molecule has 0 aliphatic carbocycles. The third kappa shape index (κ3) is 3.30. The Labute approximate surface area is 209 Å². The van der Waals surface area contributed by atoms with E-state index in [1.807, 2.05) is 36.4 Å². The molecule has 0 radical (unpaired) electrons. The molecule has 1 spiro atoms. The largest absolute Gasteiger partial charge is 0.497 e. The highest BCUT2D eigenvalue weighted by atomic mass is 16.5. The number of piperidine rings is 1. The molecule has 2 saturated heterocycles. The van der Waals surface area contributed by atoms with Crippen molar-refractivity contribution in [3.63, 3.8) is 0 Å². The van der Waals surface area contributed by atoms with Crippen molar-refractivity contribution >= 4 is 29.2 Å². The van der Waals surface area contributed by atoms with Crippen molar-refractivity contribution in [2.75, 3.05) is 23.5 Å². The first-order valence-corrected chi connectivity index (χ1v) is 12.3. The zero-order valence-corrected chi connectivity index (χ0v) is 20.0. The van der Waals surface area contributed by atoms with Gasteiger partial charge in [-0.05, 0) is 66.6 Å². The molecule has 3 aromatic carbocycles. The number of rotatable bonds is 3. The summed E-state index contributed by atoms with van der Waals surface area (Å²) in [4.78, 5) is 44.5. The first-order chi connectivity index (χ1) is 17.5. The molecule has 182 valence electrons. The highest BCUT2D eigenvalue weighted by molar-refractivity contribution is 6.30. The topological polar surface area (TPSA) is 79.0 Å². The fourth-order valence-electron chi connectivity index (χ4n) is 6.18. The lowest BCUT2D eigenvalue weighted by Gasteiger charge is -2.55.